The summed E-state index contributed by atoms with van der Waals surface area (Å²) in [5.41, 5.74) is 0.378. The highest BCUT2D eigenvalue weighted by molar-refractivity contribution is 5.84. The molecule has 5 heteroatoms. The molecule has 0 spiro atoms. The molecule has 0 N–H and O–H groups in total. The van der Waals surface area contributed by atoms with Crippen molar-refractivity contribution in [3.05, 3.63) is 11.6 Å². The van der Waals surface area contributed by atoms with Crippen LogP contribution in [-0.4, -0.2) is 33.7 Å². The Balaban J connectivity index is 2.64. The van der Waals surface area contributed by atoms with E-state index in [2.05, 4.69) is 0 Å². The van der Waals surface area contributed by atoms with Crippen LogP contribution >= 0.6 is 0 Å². The van der Waals surface area contributed by atoms with Crippen molar-refractivity contribution in [1.82, 2.24) is 0 Å². The Morgan fingerprint density at radius 1 is 1.19 bits per heavy atom. The van der Waals surface area contributed by atoms with Gasteiger partial charge in [0, 0.05) is 0 Å². The number of aldehydes is 1. The molecule has 0 amide bonds. The first-order valence-electron chi connectivity index (χ1n) is 4.81. The Labute approximate surface area is 92.9 Å². The summed E-state index contributed by atoms with van der Waals surface area (Å²) in [5, 5.41) is 0. The van der Waals surface area contributed by atoms with Crippen LogP contribution in [0.4, 0.5) is 0 Å². The molecule has 16 heavy (non-hydrogen) atoms. The van der Waals surface area contributed by atoms with Crippen molar-refractivity contribution >= 4 is 6.29 Å². The summed E-state index contributed by atoms with van der Waals surface area (Å²) in [4.78, 5) is 10.9. The van der Waals surface area contributed by atoms with Gasteiger partial charge in [0.1, 0.15) is 13.2 Å². The van der Waals surface area contributed by atoms with E-state index in [0.717, 1.165) is 0 Å². The van der Waals surface area contributed by atoms with Gasteiger partial charge in [-0.1, -0.05) is 0 Å². The van der Waals surface area contributed by atoms with Crippen molar-refractivity contribution in [3.8, 4) is 23.0 Å². The van der Waals surface area contributed by atoms with Gasteiger partial charge in [0.2, 0.25) is 11.5 Å². The van der Waals surface area contributed by atoms with Crippen molar-refractivity contribution in [3.63, 3.8) is 0 Å². The molecule has 1 aliphatic heterocycles. The minimum Gasteiger partial charge on any atom is -0.493 e. The standard InChI is InChI=1S/C11H12O5/c1-13-8-5-7(6-12)9(14-2)11-10(8)15-3-4-16-11/h5-6H,3-4H2,1-2H3. The summed E-state index contributed by atoms with van der Waals surface area (Å²) >= 11 is 0. The van der Waals surface area contributed by atoms with Crippen LogP contribution in [0.2, 0.25) is 0 Å². The van der Waals surface area contributed by atoms with Gasteiger partial charge >= 0.3 is 0 Å². The summed E-state index contributed by atoms with van der Waals surface area (Å²) < 4.78 is 21.2. The van der Waals surface area contributed by atoms with Gasteiger partial charge < -0.3 is 18.9 Å². The quantitative estimate of drug-likeness (QED) is 0.724. The number of ether oxygens (including phenoxy) is 4. The lowest BCUT2D eigenvalue weighted by atomic mass is 10.1. The van der Waals surface area contributed by atoms with Crippen LogP contribution in [0.3, 0.4) is 0 Å². The van der Waals surface area contributed by atoms with Crippen molar-refractivity contribution < 1.29 is 23.7 Å². The fraction of sp³-hybridized carbons (Fsp3) is 0.364. The van der Waals surface area contributed by atoms with Crippen LogP contribution in [-0.2, 0) is 0 Å². The van der Waals surface area contributed by atoms with E-state index in [1.807, 2.05) is 0 Å². The third kappa shape index (κ3) is 1.54. The normalized spacial score (nSPS) is 13.1. The van der Waals surface area contributed by atoms with Gasteiger partial charge in [0.05, 0.1) is 19.8 Å². The van der Waals surface area contributed by atoms with Gasteiger partial charge in [-0.3, -0.25) is 4.79 Å². The first-order valence-corrected chi connectivity index (χ1v) is 4.81. The summed E-state index contributed by atoms with van der Waals surface area (Å²) in [5.74, 6) is 1.76. The van der Waals surface area contributed by atoms with E-state index in [0.29, 0.717) is 48.1 Å². The first kappa shape index (κ1) is 10.6. The number of rotatable bonds is 3. The number of fused-ring (bicyclic) bond motifs is 1. The van der Waals surface area contributed by atoms with Gasteiger partial charge in [-0.25, -0.2) is 0 Å². The lowest BCUT2D eigenvalue weighted by molar-refractivity contribution is 0.111. The smallest absolute Gasteiger partial charge is 0.208 e. The Kier molecular flexibility index (Phi) is 2.85. The van der Waals surface area contributed by atoms with Gasteiger partial charge in [-0.2, -0.15) is 0 Å². The highest BCUT2D eigenvalue weighted by Crippen LogP contribution is 2.47. The minimum atomic E-state index is 0.378. The number of methoxy groups -OCH3 is 2. The topological polar surface area (TPSA) is 54.0 Å². The van der Waals surface area contributed by atoms with E-state index in [4.69, 9.17) is 18.9 Å². The van der Waals surface area contributed by atoms with Gasteiger partial charge in [0.15, 0.2) is 17.8 Å². The molecule has 1 aliphatic rings. The predicted octanol–water partition coefficient (Wildman–Crippen LogP) is 1.29. The highest BCUT2D eigenvalue weighted by Gasteiger charge is 2.24. The van der Waals surface area contributed by atoms with E-state index in [9.17, 15) is 4.79 Å². The second-order valence-electron chi connectivity index (χ2n) is 3.17. The predicted molar refractivity (Wildman–Crippen MR) is 55.9 cm³/mol. The van der Waals surface area contributed by atoms with Crippen LogP contribution in [0.1, 0.15) is 10.4 Å². The molecule has 0 saturated heterocycles. The number of benzene rings is 1. The molecule has 0 aliphatic carbocycles. The molecule has 0 atom stereocenters. The second-order valence-corrected chi connectivity index (χ2v) is 3.17. The molecule has 0 unspecified atom stereocenters. The number of hydrogen-bond donors (Lipinski definition) is 0. The van der Waals surface area contributed by atoms with E-state index in [-0.39, 0.29) is 0 Å². The molecule has 0 fully saturated rings. The molecule has 86 valence electrons. The maximum Gasteiger partial charge on any atom is 0.208 e. The molecule has 0 radical (unpaired) electrons. The third-order valence-electron chi connectivity index (χ3n) is 2.31. The average Bonchev–Trinajstić information content (AvgIpc) is 2.36. The van der Waals surface area contributed by atoms with Gasteiger partial charge in [0.25, 0.3) is 0 Å². The van der Waals surface area contributed by atoms with Crippen LogP contribution in [0, 0.1) is 0 Å². The Bertz CT molecular complexity index is 413. The molecule has 1 aromatic carbocycles. The molecule has 1 aromatic rings. The summed E-state index contributed by atoms with van der Waals surface area (Å²) in [6, 6.07) is 1.57. The van der Waals surface area contributed by atoms with Crippen LogP contribution in [0.15, 0.2) is 6.07 Å². The molecular formula is C11H12O5. The third-order valence-corrected chi connectivity index (χ3v) is 2.31. The molecule has 2 rings (SSSR count). The van der Waals surface area contributed by atoms with Crippen molar-refractivity contribution in [2.45, 2.75) is 0 Å². The monoisotopic (exact) mass is 224 g/mol. The van der Waals surface area contributed by atoms with E-state index in [1.165, 1.54) is 14.2 Å². The van der Waals surface area contributed by atoms with E-state index < -0.39 is 0 Å². The molecule has 0 saturated carbocycles. The molecular weight excluding hydrogens is 212 g/mol. The highest BCUT2D eigenvalue weighted by atomic mass is 16.6. The fourth-order valence-corrected chi connectivity index (χ4v) is 1.62. The Morgan fingerprint density at radius 3 is 2.44 bits per heavy atom. The largest absolute Gasteiger partial charge is 0.493 e. The molecule has 1 heterocycles. The second kappa shape index (κ2) is 4.30. The number of hydrogen-bond acceptors (Lipinski definition) is 5. The van der Waals surface area contributed by atoms with Crippen molar-refractivity contribution in [2.75, 3.05) is 27.4 Å². The zero-order valence-corrected chi connectivity index (χ0v) is 9.11. The SMILES string of the molecule is COc1cc(C=O)c(OC)c2c1OCCO2. The van der Waals surface area contributed by atoms with Gasteiger partial charge in [-0.05, 0) is 6.07 Å². The summed E-state index contributed by atoms with van der Waals surface area (Å²) in [6.07, 6.45) is 0.694. The van der Waals surface area contributed by atoms with Crippen LogP contribution < -0.4 is 18.9 Å². The zero-order valence-electron chi connectivity index (χ0n) is 9.11. The van der Waals surface area contributed by atoms with Crippen LogP contribution in [0.5, 0.6) is 23.0 Å². The molecule has 0 aromatic heterocycles. The maximum atomic E-state index is 10.9. The molecule has 0 bridgehead atoms. The number of carbonyl (C=O) groups excluding carboxylic acids is 1. The maximum absolute atomic E-state index is 10.9. The Hall–Kier alpha value is -1.91. The lowest BCUT2D eigenvalue weighted by Crippen LogP contribution is -2.17. The Morgan fingerprint density at radius 2 is 1.88 bits per heavy atom. The minimum absolute atomic E-state index is 0.378. The first-order chi connectivity index (χ1) is 7.81. The van der Waals surface area contributed by atoms with Gasteiger partial charge in [-0.15, -0.1) is 0 Å². The van der Waals surface area contributed by atoms with Crippen LogP contribution in [0.25, 0.3) is 0 Å². The van der Waals surface area contributed by atoms with Crippen molar-refractivity contribution in [1.29, 1.82) is 0 Å². The van der Waals surface area contributed by atoms with Crippen molar-refractivity contribution in [2.24, 2.45) is 0 Å². The summed E-state index contributed by atoms with van der Waals surface area (Å²) in [6.45, 7) is 0.877. The molecule has 5 nitrogen and oxygen atoms in total. The zero-order chi connectivity index (χ0) is 11.5. The van der Waals surface area contributed by atoms with E-state index >= 15 is 0 Å². The lowest BCUT2D eigenvalue weighted by Gasteiger charge is -2.23. The fourth-order valence-electron chi connectivity index (χ4n) is 1.62. The summed E-state index contributed by atoms with van der Waals surface area (Å²) in [7, 11) is 2.99. The van der Waals surface area contributed by atoms with E-state index in [1.54, 1.807) is 6.07 Å². The number of carbonyl (C=O) groups is 1. The average molecular weight is 224 g/mol.